The van der Waals surface area contributed by atoms with E-state index in [0.29, 0.717) is 19.6 Å². The lowest BCUT2D eigenvalue weighted by molar-refractivity contribution is 0.198. The molecule has 0 saturated heterocycles. The highest BCUT2D eigenvalue weighted by molar-refractivity contribution is 7.09. The van der Waals surface area contributed by atoms with Crippen molar-refractivity contribution in [1.82, 2.24) is 10.2 Å². The van der Waals surface area contributed by atoms with Crippen molar-refractivity contribution in [3.63, 3.8) is 0 Å². The van der Waals surface area contributed by atoms with Gasteiger partial charge in [-0.3, -0.25) is 0 Å². The van der Waals surface area contributed by atoms with Crippen molar-refractivity contribution in [3.05, 3.63) is 58.0 Å². The molecular weight excluding hydrogens is 275 g/mol. The van der Waals surface area contributed by atoms with Gasteiger partial charge >= 0.3 is 6.03 Å². The SMILES string of the molecule is CCN(Cc1cccs1)C(=O)NCc1ccc(F)cc1. The maximum absolute atomic E-state index is 12.8. The van der Waals surface area contributed by atoms with Crippen LogP contribution in [0.3, 0.4) is 0 Å². The predicted octanol–water partition coefficient (Wildman–Crippen LogP) is 3.62. The van der Waals surface area contributed by atoms with Crippen LogP contribution >= 0.6 is 11.3 Å². The minimum Gasteiger partial charge on any atom is -0.334 e. The van der Waals surface area contributed by atoms with E-state index in [1.807, 2.05) is 24.4 Å². The molecule has 0 radical (unpaired) electrons. The van der Waals surface area contributed by atoms with E-state index in [-0.39, 0.29) is 11.8 Å². The number of nitrogens with one attached hydrogen (secondary N) is 1. The Kier molecular flexibility index (Phi) is 5.12. The smallest absolute Gasteiger partial charge is 0.317 e. The Morgan fingerprint density at radius 1 is 1.30 bits per heavy atom. The summed E-state index contributed by atoms with van der Waals surface area (Å²) in [6.45, 7) is 3.61. The first-order valence-electron chi connectivity index (χ1n) is 6.48. The molecule has 1 heterocycles. The lowest BCUT2D eigenvalue weighted by Crippen LogP contribution is -2.38. The van der Waals surface area contributed by atoms with Gasteiger partial charge in [-0.15, -0.1) is 11.3 Å². The van der Waals surface area contributed by atoms with E-state index in [1.165, 1.54) is 12.1 Å². The first-order valence-corrected chi connectivity index (χ1v) is 7.36. The van der Waals surface area contributed by atoms with Crippen LogP contribution in [0.15, 0.2) is 41.8 Å². The van der Waals surface area contributed by atoms with Crippen LogP contribution in [0.4, 0.5) is 9.18 Å². The number of hydrogen-bond acceptors (Lipinski definition) is 2. The van der Waals surface area contributed by atoms with Gasteiger partial charge in [0.05, 0.1) is 6.54 Å². The van der Waals surface area contributed by atoms with Crippen LogP contribution in [-0.4, -0.2) is 17.5 Å². The molecule has 3 nitrogen and oxygen atoms in total. The number of carbonyl (C=O) groups is 1. The normalized spacial score (nSPS) is 10.3. The fourth-order valence-electron chi connectivity index (χ4n) is 1.81. The molecule has 0 aliphatic heterocycles. The standard InChI is InChI=1S/C15H17FN2OS/c1-2-18(11-14-4-3-9-20-14)15(19)17-10-12-5-7-13(16)8-6-12/h3-9H,2,10-11H2,1H3,(H,17,19). The molecule has 0 spiro atoms. The molecular formula is C15H17FN2OS. The van der Waals surface area contributed by atoms with Crippen LogP contribution in [0.5, 0.6) is 0 Å². The Labute approximate surface area is 122 Å². The Hall–Kier alpha value is -1.88. The van der Waals surface area contributed by atoms with Crippen molar-refractivity contribution in [3.8, 4) is 0 Å². The summed E-state index contributed by atoms with van der Waals surface area (Å²) in [6.07, 6.45) is 0. The van der Waals surface area contributed by atoms with Gasteiger partial charge in [0.1, 0.15) is 5.82 Å². The van der Waals surface area contributed by atoms with Crippen molar-refractivity contribution in [2.75, 3.05) is 6.54 Å². The molecule has 20 heavy (non-hydrogen) atoms. The summed E-state index contributed by atoms with van der Waals surface area (Å²) < 4.78 is 12.8. The summed E-state index contributed by atoms with van der Waals surface area (Å²) in [5.74, 6) is -0.270. The number of benzene rings is 1. The molecule has 106 valence electrons. The quantitative estimate of drug-likeness (QED) is 0.897. The number of halogens is 1. The van der Waals surface area contributed by atoms with E-state index in [9.17, 15) is 9.18 Å². The van der Waals surface area contributed by atoms with Gasteiger partial charge in [0, 0.05) is 18.0 Å². The minimum atomic E-state index is -0.270. The third kappa shape index (κ3) is 4.06. The summed E-state index contributed by atoms with van der Waals surface area (Å²) in [6, 6.07) is 10.0. The van der Waals surface area contributed by atoms with Gasteiger partial charge in [-0.1, -0.05) is 18.2 Å². The van der Waals surface area contributed by atoms with Crippen LogP contribution in [-0.2, 0) is 13.1 Å². The molecule has 2 amide bonds. The number of amides is 2. The molecule has 0 aliphatic rings. The molecule has 0 fully saturated rings. The number of nitrogens with zero attached hydrogens (tertiary/aromatic N) is 1. The van der Waals surface area contributed by atoms with Crippen LogP contribution < -0.4 is 5.32 Å². The van der Waals surface area contributed by atoms with Gasteiger partial charge in [0.15, 0.2) is 0 Å². The highest BCUT2D eigenvalue weighted by Crippen LogP contribution is 2.12. The highest BCUT2D eigenvalue weighted by atomic mass is 32.1. The fraction of sp³-hybridized carbons (Fsp3) is 0.267. The van der Waals surface area contributed by atoms with E-state index in [4.69, 9.17) is 0 Å². The Bertz CT molecular complexity index is 540. The maximum atomic E-state index is 12.8. The average molecular weight is 292 g/mol. The second kappa shape index (κ2) is 7.05. The van der Waals surface area contributed by atoms with Gasteiger partial charge in [0.2, 0.25) is 0 Å². The van der Waals surface area contributed by atoms with Crippen LogP contribution in [0, 0.1) is 5.82 Å². The van der Waals surface area contributed by atoms with Gasteiger partial charge in [-0.25, -0.2) is 9.18 Å². The summed E-state index contributed by atoms with van der Waals surface area (Å²) in [5, 5.41) is 4.85. The van der Waals surface area contributed by atoms with Gasteiger partial charge in [0.25, 0.3) is 0 Å². The predicted molar refractivity (Wildman–Crippen MR) is 79.0 cm³/mol. The number of carbonyl (C=O) groups excluding carboxylic acids is 1. The van der Waals surface area contributed by atoms with Gasteiger partial charge < -0.3 is 10.2 Å². The van der Waals surface area contributed by atoms with E-state index < -0.39 is 0 Å². The number of thiophene rings is 1. The van der Waals surface area contributed by atoms with Crippen molar-refractivity contribution in [1.29, 1.82) is 0 Å². The second-order valence-electron chi connectivity index (χ2n) is 4.38. The molecule has 0 saturated carbocycles. The Morgan fingerprint density at radius 3 is 2.65 bits per heavy atom. The van der Waals surface area contributed by atoms with Crippen LogP contribution in [0.25, 0.3) is 0 Å². The first kappa shape index (κ1) is 14.5. The molecule has 1 aromatic carbocycles. The van der Waals surface area contributed by atoms with Gasteiger partial charge in [-0.05, 0) is 36.1 Å². The molecule has 5 heteroatoms. The molecule has 0 unspecified atom stereocenters. The molecule has 0 aliphatic carbocycles. The number of hydrogen-bond donors (Lipinski definition) is 1. The molecule has 0 atom stereocenters. The lowest BCUT2D eigenvalue weighted by Gasteiger charge is -2.20. The summed E-state index contributed by atoms with van der Waals surface area (Å²) in [5.41, 5.74) is 0.881. The van der Waals surface area contributed by atoms with E-state index in [2.05, 4.69) is 5.32 Å². The third-order valence-electron chi connectivity index (χ3n) is 2.95. The summed E-state index contributed by atoms with van der Waals surface area (Å²) in [4.78, 5) is 15.0. The highest BCUT2D eigenvalue weighted by Gasteiger charge is 2.11. The molecule has 0 bridgehead atoms. The number of rotatable bonds is 5. The largest absolute Gasteiger partial charge is 0.334 e. The first-order chi connectivity index (χ1) is 9.69. The van der Waals surface area contributed by atoms with Crippen molar-refractivity contribution in [2.45, 2.75) is 20.0 Å². The van der Waals surface area contributed by atoms with Crippen molar-refractivity contribution >= 4 is 17.4 Å². The van der Waals surface area contributed by atoms with Crippen LogP contribution in [0.1, 0.15) is 17.4 Å². The topological polar surface area (TPSA) is 32.3 Å². The van der Waals surface area contributed by atoms with E-state index in [1.54, 1.807) is 28.4 Å². The summed E-state index contributed by atoms with van der Waals surface area (Å²) in [7, 11) is 0. The molecule has 2 rings (SSSR count). The third-order valence-corrected chi connectivity index (χ3v) is 3.81. The Balaban J connectivity index is 1.87. The second-order valence-corrected chi connectivity index (χ2v) is 5.41. The maximum Gasteiger partial charge on any atom is 0.317 e. The van der Waals surface area contributed by atoms with Crippen molar-refractivity contribution < 1.29 is 9.18 Å². The molecule has 2 aromatic rings. The minimum absolute atomic E-state index is 0.106. The summed E-state index contributed by atoms with van der Waals surface area (Å²) >= 11 is 1.64. The fourth-order valence-corrected chi connectivity index (χ4v) is 2.53. The zero-order valence-corrected chi connectivity index (χ0v) is 12.1. The van der Waals surface area contributed by atoms with E-state index in [0.717, 1.165) is 10.4 Å². The number of urea groups is 1. The Morgan fingerprint density at radius 2 is 2.05 bits per heavy atom. The lowest BCUT2D eigenvalue weighted by atomic mass is 10.2. The van der Waals surface area contributed by atoms with Crippen LogP contribution in [0.2, 0.25) is 0 Å². The monoisotopic (exact) mass is 292 g/mol. The van der Waals surface area contributed by atoms with Gasteiger partial charge in [-0.2, -0.15) is 0 Å². The van der Waals surface area contributed by atoms with Crippen molar-refractivity contribution in [2.24, 2.45) is 0 Å². The zero-order chi connectivity index (χ0) is 14.4. The van der Waals surface area contributed by atoms with E-state index >= 15 is 0 Å². The zero-order valence-electron chi connectivity index (χ0n) is 11.3. The average Bonchev–Trinajstić information content (AvgIpc) is 2.97. The molecule has 1 N–H and O–H groups in total. The molecule has 1 aromatic heterocycles.